The zero-order valence-electron chi connectivity index (χ0n) is 14.0. The zero-order chi connectivity index (χ0) is 16.8. The summed E-state index contributed by atoms with van der Waals surface area (Å²) in [5.74, 6) is 0.883. The quantitative estimate of drug-likeness (QED) is 0.776. The van der Waals surface area contributed by atoms with E-state index in [1.54, 1.807) is 0 Å². The first kappa shape index (κ1) is 15.3. The Morgan fingerprint density at radius 2 is 2.08 bits per heavy atom. The Bertz CT molecular complexity index is 889. The zero-order valence-corrected chi connectivity index (χ0v) is 14.8. The Hall–Kier alpha value is -2.28. The normalized spacial score (nSPS) is 17.8. The van der Waals surface area contributed by atoms with Crippen LogP contribution in [0.5, 0.6) is 0 Å². The first-order valence-electron chi connectivity index (χ1n) is 8.11. The van der Waals surface area contributed by atoms with Gasteiger partial charge in [0.15, 0.2) is 0 Å². The van der Waals surface area contributed by atoms with Crippen molar-refractivity contribution in [3.05, 3.63) is 39.7 Å². The third-order valence-electron chi connectivity index (χ3n) is 4.79. The first-order valence-corrected chi connectivity index (χ1v) is 8.88. The molecule has 1 aromatic carbocycles. The molecular weight excluding hydrogens is 322 g/mol. The SMILES string of the molecule is Cc1cc2nc([C@H]3CCCN3C(=O)c3snnc3C)[nH]c2cc1C. The Balaban J connectivity index is 1.70. The third-order valence-corrected chi connectivity index (χ3v) is 5.61. The first-order chi connectivity index (χ1) is 11.5. The second-order valence-corrected chi connectivity index (χ2v) is 7.17. The smallest absolute Gasteiger partial charge is 0.268 e. The van der Waals surface area contributed by atoms with Crippen LogP contribution in [-0.2, 0) is 0 Å². The highest BCUT2D eigenvalue weighted by molar-refractivity contribution is 7.07. The number of aryl methyl sites for hydroxylation is 3. The van der Waals surface area contributed by atoms with E-state index in [4.69, 9.17) is 4.98 Å². The average molecular weight is 341 g/mol. The number of aromatic amines is 1. The van der Waals surface area contributed by atoms with Gasteiger partial charge in [0, 0.05) is 6.54 Å². The van der Waals surface area contributed by atoms with Crippen LogP contribution in [-0.4, -0.2) is 36.9 Å². The standard InChI is InChI=1S/C17H19N5OS/c1-9-7-12-13(8-10(9)2)19-16(18-12)14-5-4-6-22(14)17(23)15-11(3)20-21-24-15/h7-8,14H,4-6H2,1-3H3,(H,18,19)/t14-/m1/s1. The number of H-pyrrole nitrogens is 1. The van der Waals surface area contributed by atoms with Crippen molar-refractivity contribution < 1.29 is 4.79 Å². The number of nitrogens with zero attached hydrogens (tertiary/aromatic N) is 4. The molecule has 0 aliphatic carbocycles. The number of hydrogen-bond donors (Lipinski definition) is 1. The van der Waals surface area contributed by atoms with Crippen molar-refractivity contribution in [1.29, 1.82) is 0 Å². The number of nitrogens with one attached hydrogen (secondary N) is 1. The van der Waals surface area contributed by atoms with Crippen LogP contribution in [0.4, 0.5) is 0 Å². The van der Waals surface area contributed by atoms with Gasteiger partial charge in [-0.15, -0.1) is 5.10 Å². The average Bonchev–Trinajstić information content (AvgIpc) is 3.25. The number of aromatic nitrogens is 4. The second kappa shape index (κ2) is 5.66. The molecule has 2 aromatic heterocycles. The molecule has 4 rings (SSSR count). The van der Waals surface area contributed by atoms with Gasteiger partial charge >= 0.3 is 0 Å². The lowest BCUT2D eigenvalue weighted by molar-refractivity contribution is 0.0734. The van der Waals surface area contributed by atoms with Gasteiger partial charge in [-0.05, 0) is 68.4 Å². The highest BCUT2D eigenvalue weighted by Crippen LogP contribution is 2.33. The number of carbonyl (C=O) groups is 1. The predicted octanol–water partition coefficient (Wildman–Crippen LogP) is 3.32. The summed E-state index contributed by atoms with van der Waals surface area (Å²) >= 11 is 1.17. The summed E-state index contributed by atoms with van der Waals surface area (Å²) in [5.41, 5.74) is 5.16. The summed E-state index contributed by atoms with van der Waals surface area (Å²) in [6, 6.07) is 4.22. The molecule has 1 saturated heterocycles. The van der Waals surface area contributed by atoms with Crippen LogP contribution in [0.2, 0.25) is 0 Å². The number of benzene rings is 1. The second-order valence-electron chi connectivity index (χ2n) is 6.42. The van der Waals surface area contributed by atoms with E-state index < -0.39 is 0 Å². The van der Waals surface area contributed by atoms with Crippen LogP contribution in [0.3, 0.4) is 0 Å². The van der Waals surface area contributed by atoms with Gasteiger partial charge in [0.1, 0.15) is 10.7 Å². The molecule has 3 heterocycles. The van der Waals surface area contributed by atoms with Crippen molar-refractivity contribution in [3.63, 3.8) is 0 Å². The maximum absolute atomic E-state index is 12.9. The highest BCUT2D eigenvalue weighted by Gasteiger charge is 2.34. The Kier molecular flexibility index (Phi) is 3.60. The minimum absolute atomic E-state index is 0.00740. The Morgan fingerprint density at radius 3 is 2.83 bits per heavy atom. The van der Waals surface area contributed by atoms with E-state index in [2.05, 4.69) is 40.6 Å². The molecule has 1 amide bonds. The molecule has 1 aliphatic rings. The molecule has 3 aromatic rings. The van der Waals surface area contributed by atoms with E-state index in [9.17, 15) is 4.79 Å². The monoisotopic (exact) mass is 341 g/mol. The van der Waals surface area contributed by atoms with Gasteiger partial charge in [0.25, 0.3) is 5.91 Å². The number of fused-ring (bicyclic) bond motifs is 1. The summed E-state index contributed by atoms with van der Waals surface area (Å²) in [7, 11) is 0. The third kappa shape index (κ3) is 2.39. The minimum Gasteiger partial charge on any atom is -0.340 e. The number of amides is 1. The maximum atomic E-state index is 12.9. The molecule has 24 heavy (non-hydrogen) atoms. The largest absolute Gasteiger partial charge is 0.340 e. The Labute approximate surface area is 144 Å². The number of imidazole rings is 1. The lowest BCUT2D eigenvalue weighted by atomic mass is 10.1. The lowest BCUT2D eigenvalue weighted by Crippen LogP contribution is -2.31. The molecule has 0 radical (unpaired) electrons. The number of likely N-dealkylation sites (tertiary alicyclic amines) is 1. The predicted molar refractivity (Wildman–Crippen MR) is 93.2 cm³/mol. The van der Waals surface area contributed by atoms with E-state index in [1.807, 2.05) is 11.8 Å². The molecule has 0 saturated carbocycles. The van der Waals surface area contributed by atoms with Crippen LogP contribution in [0, 0.1) is 20.8 Å². The summed E-state index contributed by atoms with van der Waals surface area (Å²) in [4.78, 5) is 23.6. The van der Waals surface area contributed by atoms with Crippen molar-refractivity contribution in [3.8, 4) is 0 Å². The summed E-state index contributed by atoms with van der Waals surface area (Å²) < 4.78 is 3.89. The molecule has 1 atom stereocenters. The Morgan fingerprint density at radius 1 is 1.29 bits per heavy atom. The number of rotatable bonds is 2. The van der Waals surface area contributed by atoms with E-state index >= 15 is 0 Å². The molecule has 0 bridgehead atoms. The highest BCUT2D eigenvalue weighted by atomic mass is 32.1. The van der Waals surface area contributed by atoms with Crippen molar-refractivity contribution in [2.75, 3.05) is 6.54 Å². The van der Waals surface area contributed by atoms with Crippen LogP contribution < -0.4 is 0 Å². The summed E-state index contributed by atoms with van der Waals surface area (Å²) in [6.07, 6.45) is 1.91. The fraction of sp³-hybridized carbons (Fsp3) is 0.412. The van der Waals surface area contributed by atoms with Gasteiger partial charge in [-0.25, -0.2) is 4.98 Å². The van der Waals surface area contributed by atoms with Crippen LogP contribution in [0.25, 0.3) is 11.0 Å². The molecule has 1 aliphatic heterocycles. The van der Waals surface area contributed by atoms with Crippen LogP contribution >= 0.6 is 11.5 Å². The molecule has 0 spiro atoms. The van der Waals surface area contributed by atoms with Gasteiger partial charge in [-0.2, -0.15) is 0 Å². The van der Waals surface area contributed by atoms with Crippen molar-refractivity contribution >= 4 is 28.5 Å². The van der Waals surface area contributed by atoms with Gasteiger partial charge in [0.2, 0.25) is 0 Å². The molecular formula is C17H19N5OS. The summed E-state index contributed by atoms with van der Waals surface area (Å²) in [6.45, 7) is 6.76. The fourth-order valence-corrected chi connectivity index (χ4v) is 3.91. The maximum Gasteiger partial charge on any atom is 0.268 e. The van der Waals surface area contributed by atoms with E-state index in [0.29, 0.717) is 10.6 Å². The van der Waals surface area contributed by atoms with Crippen LogP contribution in [0.1, 0.15) is 51.2 Å². The molecule has 7 heteroatoms. The molecule has 1 fully saturated rings. The number of carbonyl (C=O) groups excluding carboxylic acids is 1. The van der Waals surface area contributed by atoms with E-state index in [1.165, 1.54) is 22.7 Å². The molecule has 124 valence electrons. The molecule has 0 unspecified atom stereocenters. The van der Waals surface area contributed by atoms with E-state index in [-0.39, 0.29) is 11.9 Å². The molecule has 6 nitrogen and oxygen atoms in total. The molecule has 1 N–H and O–H groups in total. The summed E-state index contributed by atoms with van der Waals surface area (Å²) in [5, 5.41) is 3.96. The fourth-order valence-electron chi connectivity index (χ4n) is 3.30. The van der Waals surface area contributed by atoms with Crippen molar-refractivity contribution in [2.24, 2.45) is 0 Å². The lowest BCUT2D eigenvalue weighted by Gasteiger charge is -2.22. The topological polar surface area (TPSA) is 74.8 Å². The van der Waals surface area contributed by atoms with Crippen molar-refractivity contribution in [2.45, 2.75) is 39.7 Å². The van der Waals surface area contributed by atoms with Crippen LogP contribution in [0.15, 0.2) is 12.1 Å². The van der Waals surface area contributed by atoms with Gasteiger partial charge in [0.05, 0.1) is 22.8 Å². The number of hydrogen-bond acceptors (Lipinski definition) is 5. The van der Waals surface area contributed by atoms with Gasteiger partial charge in [-0.1, -0.05) is 4.49 Å². The van der Waals surface area contributed by atoms with Crippen molar-refractivity contribution in [1.82, 2.24) is 24.5 Å². The van der Waals surface area contributed by atoms with E-state index in [0.717, 1.165) is 36.2 Å². The van der Waals surface area contributed by atoms with Gasteiger partial charge in [-0.3, -0.25) is 4.79 Å². The van der Waals surface area contributed by atoms with Gasteiger partial charge < -0.3 is 9.88 Å². The minimum atomic E-state index is -0.00740.